The highest BCUT2D eigenvalue weighted by Crippen LogP contribution is 2.31. The molecular formula is C13H25NO3S. The van der Waals surface area contributed by atoms with Gasteiger partial charge in [-0.2, -0.15) is 4.31 Å². The van der Waals surface area contributed by atoms with E-state index in [2.05, 4.69) is 0 Å². The lowest BCUT2D eigenvalue weighted by Crippen LogP contribution is -2.46. The maximum atomic E-state index is 12.6. The molecule has 4 nitrogen and oxygen atoms in total. The second kappa shape index (κ2) is 6.35. The number of nitrogens with zero attached hydrogens (tertiary/aromatic N) is 1. The van der Waals surface area contributed by atoms with Gasteiger partial charge in [0.2, 0.25) is 10.0 Å². The monoisotopic (exact) mass is 275 g/mol. The molecule has 0 bridgehead atoms. The molecule has 0 unspecified atom stereocenters. The van der Waals surface area contributed by atoms with Gasteiger partial charge in [-0.3, -0.25) is 0 Å². The van der Waals surface area contributed by atoms with E-state index in [0.717, 1.165) is 51.4 Å². The molecule has 0 aromatic rings. The average Bonchev–Trinajstić information content (AvgIpc) is 2.91. The summed E-state index contributed by atoms with van der Waals surface area (Å²) in [5.41, 5.74) is 0. The number of sulfonamides is 1. The molecule has 2 rings (SSSR count). The fraction of sp³-hybridized carbons (Fsp3) is 1.00. The zero-order chi connectivity index (χ0) is 13.0. The smallest absolute Gasteiger partial charge is 0.217 e. The third kappa shape index (κ3) is 3.06. The standard InChI is InChI=1S/C13H25NO3S/c15-11-10-14(12-6-2-1-3-7-12)18(16,17)13-8-4-5-9-13/h12-13,15H,1-11H2. The Balaban J connectivity index is 2.11. The Morgan fingerprint density at radius 2 is 1.50 bits per heavy atom. The Bertz CT molecular complexity index is 343. The predicted octanol–water partition coefficient (Wildman–Crippen LogP) is 1.89. The minimum atomic E-state index is -3.19. The van der Waals surface area contributed by atoms with Crippen LogP contribution in [0, 0.1) is 0 Å². The van der Waals surface area contributed by atoms with Crippen molar-refractivity contribution in [2.45, 2.75) is 69.1 Å². The van der Waals surface area contributed by atoms with Crippen LogP contribution in [-0.2, 0) is 10.0 Å². The summed E-state index contributed by atoms with van der Waals surface area (Å²) in [6.07, 6.45) is 9.04. The molecule has 5 heteroatoms. The Kier molecular flexibility index (Phi) is 5.04. The molecule has 0 aromatic carbocycles. The summed E-state index contributed by atoms with van der Waals surface area (Å²) in [5.74, 6) is 0. The van der Waals surface area contributed by atoms with E-state index >= 15 is 0 Å². The van der Waals surface area contributed by atoms with Crippen molar-refractivity contribution >= 4 is 10.0 Å². The molecule has 2 aliphatic carbocycles. The van der Waals surface area contributed by atoms with Gasteiger partial charge in [0.15, 0.2) is 0 Å². The van der Waals surface area contributed by atoms with Gasteiger partial charge >= 0.3 is 0 Å². The van der Waals surface area contributed by atoms with Crippen LogP contribution in [0.4, 0.5) is 0 Å². The Labute approximate surface area is 110 Å². The normalized spacial score (nSPS) is 23.9. The molecule has 1 N–H and O–H groups in total. The van der Waals surface area contributed by atoms with Crippen LogP contribution in [0.5, 0.6) is 0 Å². The highest BCUT2D eigenvalue weighted by molar-refractivity contribution is 7.89. The van der Waals surface area contributed by atoms with Crippen LogP contribution in [0.3, 0.4) is 0 Å². The van der Waals surface area contributed by atoms with Crippen LogP contribution in [0.1, 0.15) is 57.8 Å². The molecule has 0 saturated heterocycles. The Hall–Kier alpha value is -0.130. The lowest BCUT2D eigenvalue weighted by atomic mass is 9.95. The number of hydrogen-bond donors (Lipinski definition) is 1. The summed E-state index contributed by atoms with van der Waals surface area (Å²) in [4.78, 5) is 0. The van der Waals surface area contributed by atoms with Crippen LogP contribution in [0.25, 0.3) is 0 Å². The zero-order valence-electron chi connectivity index (χ0n) is 11.1. The van der Waals surface area contributed by atoms with Gasteiger partial charge in [0.1, 0.15) is 0 Å². The molecule has 0 aliphatic heterocycles. The Morgan fingerprint density at radius 1 is 0.944 bits per heavy atom. The minimum Gasteiger partial charge on any atom is -0.395 e. The van der Waals surface area contributed by atoms with E-state index in [4.69, 9.17) is 5.11 Å². The molecule has 0 heterocycles. The highest BCUT2D eigenvalue weighted by atomic mass is 32.2. The second-order valence-corrected chi connectivity index (χ2v) is 7.74. The largest absolute Gasteiger partial charge is 0.395 e. The van der Waals surface area contributed by atoms with Gasteiger partial charge in [0.25, 0.3) is 0 Å². The van der Waals surface area contributed by atoms with Crippen molar-refractivity contribution in [3.05, 3.63) is 0 Å². The number of aliphatic hydroxyl groups excluding tert-OH is 1. The van der Waals surface area contributed by atoms with E-state index in [1.807, 2.05) is 0 Å². The summed E-state index contributed by atoms with van der Waals surface area (Å²) in [6.45, 7) is 0.214. The molecule has 18 heavy (non-hydrogen) atoms. The van der Waals surface area contributed by atoms with E-state index < -0.39 is 10.0 Å². The molecule has 106 valence electrons. The molecule has 0 amide bonds. The quantitative estimate of drug-likeness (QED) is 0.833. The summed E-state index contributed by atoms with van der Waals surface area (Å²) < 4.78 is 26.9. The molecule has 2 aliphatic rings. The van der Waals surface area contributed by atoms with E-state index in [0.29, 0.717) is 0 Å². The van der Waals surface area contributed by atoms with Crippen LogP contribution in [0.2, 0.25) is 0 Å². The van der Waals surface area contributed by atoms with Crippen LogP contribution in [-0.4, -0.2) is 42.3 Å². The topological polar surface area (TPSA) is 57.6 Å². The maximum Gasteiger partial charge on any atom is 0.217 e. The summed E-state index contributed by atoms with van der Waals surface area (Å²) in [5, 5.41) is 8.98. The predicted molar refractivity (Wildman–Crippen MR) is 71.8 cm³/mol. The fourth-order valence-corrected chi connectivity index (χ4v) is 5.64. The third-order valence-corrected chi connectivity index (χ3v) is 6.80. The molecule has 0 spiro atoms. The first-order chi connectivity index (χ1) is 8.66. The van der Waals surface area contributed by atoms with Crippen molar-refractivity contribution in [3.8, 4) is 0 Å². The second-order valence-electron chi connectivity index (χ2n) is 5.58. The molecule has 0 aromatic heterocycles. The number of hydrogen-bond acceptors (Lipinski definition) is 3. The van der Waals surface area contributed by atoms with Crippen molar-refractivity contribution in [1.29, 1.82) is 0 Å². The van der Waals surface area contributed by atoms with Gasteiger partial charge < -0.3 is 5.11 Å². The first-order valence-electron chi connectivity index (χ1n) is 7.28. The lowest BCUT2D eigenvalue weighted by molar-refractivity contribution is 0.198. The molecule has 0 atom stereocenters. The van der Waals surface area contributed by atoms with Crippen molar-refractivity contribution in [2.24, 2.45) is 0 Å². The number of aliphatic hydroxyl groups is 1. The van der Waals surface area contributed by atoms with E-state index in [9.17, 15) is 8.42 Å². The minimum absolute atomic E-state index is 0.0670. The van der Waals surface area contributed by atoms with Gasteiger partial charge in [-0.05, 0) is 25.7 Å². The van der Waals surface area contributed by atoms with Gasteiger partial charge in [0, 0.05) is 12.6 Å². The Morgan fingerprint density at radius 3 is 2.06 bits per heavy atom. The van der Waals surface area contributed by atoms with Crippen LogP contribution in [0.15, 0.2) is 0 Å². The first kappa shape index (κ1) is 14.3. The zero-order valence-corrected chi connectivity index (χ0v) is 11.9. The maximum absolute atomic E-state index is 12.6. The van der Waals surface area contributed by atoms with Crippen molar-refractivity contribution in [2.75, 3.05) is 13.2 Å². The molecule has 2 fully saturated rings. The average molecular weight is 275 g/mol. The highest BCUT2D eigenvalue weighted by Gasteiger charge is 2.37. The van der Waals surface area contributed by atoms with E-state index in [1.54, 1.807) is 4.31 Å². The number of rotatable bonds is 5. The summed E-state index contributed by atoms with van der Waals surface area (Å²) >= 11 is 0. The van der Waals surface area contributed by atoms with Crippen molar-refractivity contribution in [3.63, 3.8) is 0 Å². The van der Waals surface area contributed by atoms with Gasteiger partial charge in [-0.15, -0.1) is 0 Å². The SMILES string of the molecule is O=S(=O)(C1CCCC1)N(CCO)C1CCCCC1. The van der Waals surface area contributed by atoms with E-state index in [1.165, 1.54) is 6.42 Å². The summed E-state index contributed by atoms with van der Waals surface area (Å²) in [7, 11) is -3.19. The first-order valence-corrected chi connectivity index (χ1v) is 8.78. The van der Waals surface area contributed by atoms with Crippen LogP contribution < -0.4 is 0 Å². The third-order valence-electron chi connectivity index (χ3n) is 4.35. The van der Waals surface area contributed by atoms with Gasteiger partial charge in [-0.1, -0.05) is 32.1 Å². The molecule has 0 radical (unpaired) electrons. The summed E-state index contributed by atoms with van der Waals surface area (Å²) in [6, 6.07) is 0.136. The van der Waals surface area contributed by atoms with Gasteiger partial charge in [0.05, 0.1) is 11.9 Å². The van der Waals surface area contributed by atoms with Crippen molar-refractivity contribution in [1.82, 2.24) is 4.31 Å². The molecule has 2 saturated carbocycles. The molecular weight excluding hydrogens is 250 g/mol. The fourth-order valence-electron chi connectivity index (χ4n) is 3.36. The van der Waals surface area contributed by atoms with E-state index in [-0.39, 0.29) is 24.4 Å². The lowest BCUT2D eigenvalue weighted by Gasteiger charge is -2.34. The van der Waals surface area contributed by atoms with Crippen LogP contribution >= 0.6 is 0 Å². The van der Waals surface area contributed by atoms with Gasteiger partial charge in [-0.25, -0.2) is 8.42 Å². The van der Waals surface area contributed by atoms with Crippen molar-refractivity contribution < 1.29 is 13.5 Å².